The molecule has 0 unspecified atom stereocenters. The minimum Gasteiger partial charge on any atom is -0.399 e. The summed E-state index contributed by atoms with van der Waals surface area (Å²) in [6, 6.07) is 6.26. The standard InChI is InChI=1S/C14H22N2O/c15-14-5-4-12-6-8-16(11-13(12)10-14)7-2-1-3-9-17/h4-5,10,17H,1-3,6-9,11,15H2. The largest absolute Gasteiger partial charge is 0.399 e. The van der Waals surface area contributed by atoms with Crippen LogP contribution in [0.3, 0.4) is 0 Å². The van der Waals surface area contributed by atoms with Crippen LogP contribution in [0.4, 0.5) is 5.69 Å². The highest BCUT2D eigenvalue weighted by Gasteiger charge is 2.15. The lowest BCUT2D eigenvalue weighted by Crippen LogP contribution is -2.31. The molecular weight excluding hydrogens is 212 g/mol. The topological polar surface area (TPSA) is 49.5 Å². The van der Waals surface area contributed by atoms with E-state index in [9.17, 15) is 0 Å². The van der Waals surface area contributed by atoms with Crippen molar-refractivity contribution in [2.75, 3.05) is 25.4 Å². The molecule has 0 saturated carbocycles. The Morgan fingerprint density at radius 1 is 1.18 bits per heavy atom. The Labute approximate surface area is 103 Å². The van der Waals surface area contributed by atoms with E-state index in [0.29, 0.717) is 6.61 Å². The van der Waals surface area contributed by atoms with Crippen LogP contribution in [0.25, 0.3) is 0 Å². The van der Waals surface area contributed by atoms with Crippen molar-refractivity contribution in [3.05, 3.63) is 29.3 Å². The van der Waals surface area contributed by atoms with Crippen LogP contribution in [0.2, 0.25) is 0 Å². The maximum absolute atomic E-state index is 8.74. The number of rotatable bonds is 5. The molecule has 0 spiro atoms. The third-order valence-corrected chi connectivity index (χ3v) is 3.45. The number of aliphatic hydroxyl groups excluding tert-OH is 1. The number of nitrogens with two attached hydrogens (primary N) is 1. The molecule has 2 rings (SSSR count). The third kappa shape index (κ3) is 3.45. The van der Waals surface area contributed by atoms with Gasteiger partial charge in [-0.05, 0) is 55.5 Å². The lowest BCUT2D eigenvalue weighted by Gasteiger charge is -2.28. The third-order valence-electron chi connectivity index (χ3n) is 3.45. The molecule has 1 aliphatic heterocycles. The summed E-state index contributed by atoms with van der Waals surface area (Å²) in [5.41, 5.74) is 9.52. The monoisotopic (exact) mass is 234 g/mol. The molecule has 0 atom stereocenters. The Hall–Kier alpha value is -1.06. The maximum atomic E-state index is 8.74. The first-order valence-electron chi connectivity index (χ1n) is 6.50. The van der Waals surface area contributed by atoms with Crippen LogP contribution < -0.4 is 5.73 Å². The molecule has 1 heterocycles. The zero-order chi connectivity index (χ0) is 12.1. The van der Waals surface area contributed by atoms with E-state index in [1.54, 1.807) is 0 Å². The SMILES string of the molecule is Nc1ccc2c(c1)CN(CCCCCO)CC2. The Kier molecular flexibility index (Phi) is 4.40. The summed E-state index contributed by atoms with van der Waals surface area (Å²) >= 11 is 0. The van der Waals surface area contributed by atoms with Crippen LogP contribution in [0.1, 0.15) is 30.4 Å². The number of fused-ring (bicyclic) bond motifs is 1. The average molecular weight is 234 g/mol. The molecule has 1 aromatic rings. The molecule has 17 heavy (non-hydrogen) atoms. The van der Waals surface area contributed by atoms with Gasteiger partial charge in [0.1, 0.15) is 0 Å². The first-order valence-corrected chi connectivity index (χ1v) is 6.50. The minimum absolute atomic E-state index is 0.319. The Morgan fingerprint density at radius 3 is 2.88 bits per heavy atom. The first-order chi connectivity index (χ1) is 8.29. The number of anilines is 1. The number of nitrogen functional groups attached to an aromatic ring is 1. The number of hydrogen-bond donors (Lipinski definition) is 2. The lowest BCUT2D eigenvalue weighted by molar-refractivity contribution is 0.239. The van der Waals surface area contributed by atoms with Gasteiger partial charge in [-0.15, -0.1) is 0 Å². The van der Waals surface area contributed by atoms with E-state index in [1.807, 2.05) is 6.07 Å². The molecule has 3 nitrogen and oxygen atoms in total. The predicted octanol–water partition coefficient (Wildman–Crippen LogP) is 1.79. The van der Waals surface area contributed by atoms with Crippen LogP contribution in [0.5, 0.6) is 0 Å². The van der Waals surface area contributed by atoms with Gasteiger partial charge in [-0.2, -0.15) is 0 Å². The molecule has 1 aromatic carbocycles. The van der Waals surface area contributed by atoms with Crippen LogP contribution in [-0.4, -0.2) is 29.7 Å². The molecule has 0 radical (unpaired) electrons. The van der Waals surface area contributed by atoms with Gasteiger partial charge in [-0.1, -0.05) is 6.07 Å². The minimum atomic E-state index is 0.319. The van der Waals surface area contributed by atoms with Crippen LogP contribution in [0.15, 0.2) is 18.2 Å². The molecule has 0 fully saturated rings. The normalized spacial score (nSPS) is 15.8. The zero-order valence-electron chi connectivity index (χ0n) is 10.4. The summed E-state index contributed by atoms with van der Waals surface area (Å²) in [7, 11) is 0. The van der Waals surface area contributed by atoms with Gasteiger partial charge in [0.15, 0.2) is 0 Å². The van der Waals surface area contributed by atoms with Gasteiger partial charge < -0.3 is 10.8 Å². The zero-order valence-corrected chi connectivity index (χ0v) is 10.4. The fourth-order valence-electron chi connectivity index (χ4n) is 2.45. The summed E-state index contributed by atoms with van der Waals surface area (Å²) in [4.78, 5) is 2.49. The Morgan fingerprint density at radius 2 is 2.06 bits per heavy atom. The van der Waals surface area contributed by atoms with Crippen LogP contribution in [0, 0.1) is 0 Å². The van der Waals surface area contributed by atoms with E-state index in [2.05, 4.69) is 17.0 Å². The van der Waals surface area contributed by atoms with E-state index >= 15 is 0 Å². The first kappa shape index (κ1) is 12.4. The van der Waals surface area contributed by atoms with Crippen molar-refractivity contribution in [2.24, 2.45) is 0 Å². The summed E-state index contributed by atoms with van der Waals surface area (Å²) in [5.74, 6) is 0. The van der Waals surface area contributed by atoms with Gasteiger partial charge >= 0.3 is 0 Å². The van der Waals surface area contributed by atoms with E-state index in [4.69, 9.17) is 10.8 Å². The van der Waals surface area contributed by atoms with Crippen molar-refractivity contribution in [1.29, 1.82) is 0 Å². The van der Waals surface area contributed by atoms with Crippen molar-refractivity contribution in [3.8, 4) is 0 Å². The molecule has 0 saturated heterocycles. The Bertz CT molecular complexity index is 365. The van der Waals surface area contributed by atoms with Gasteiger partial charge in [-0.25, -0.2) is 0 Å². The second-order valence-electron chi connectivity index (χ2n) is 4.84. The lowest BCUT2D eigenvalue weighted by atomic mass is 9.99. The quantitative estimate of drug-likeness (QED) is 0.603. The summed E-state index contributed by atoms with van der Waals surface area (Å²) < 4.78 is 0. The van der Waals surface area contributed by atoms with Crippen LogP contribution in [-0.2, 0) is 13.0 Å². The molecule has 94 valence electrons. The second kappa shape index (κ2) is 6.03. The van der Waals surface area contributed by atoms with Crippen molar-refractivity contribution < 1.29 is 5.11 Å². The highest BCUT2D eigenvalue weighted by Crippen LogP contribution is 2.21. The molecular formula is C14H22N2O. The van der Waals surface area contributed by atoms with Crippen molar-refractivity contribution in [1.82, 2.24) is 4.90 Å². The number of nitrogens with zero attached hydrogens (tertiary/aromatic N) is 1. The second-order valence-corrected chi connectivity index (χ2v) is 4.84. The van der Waals surface area contributed by atoms with Gasteiger partial charge in [0.2, 0.25) is 0 Å². The van der Waals surface area contributed by atoms with Crippen LogP contribution >= 0.6 is 0 Å². The van der Waals surface area contributed by atoms with Gasteiger partial charge in [0.25, 0.3) is 0 Å². The molecule has 1 aliphatic rings. The number of benzene rings is 1. The van der Waals surface area contributed by atoms with Crippen molar-refractivity contribution in [3.63, 3.8) is 0 Å². The van der Waals surface area contributed by atoms with E-state index in [0.717, 1.165) is 44.6 Å². The van der Waals surface area contributed by atoms with Crippen molar-refractivity contribution >= 4 is 5.69 Å². The van der Waals surface area contributed by atoms with E-state index < -0.39 is 0 Å². The summed E-state index contributed by atoms with van der Waals surface area (Å²) in [6.07, 6.45) is 4.36. The molecule has 3 heteroatoms. The van der Waals surface area contributed by atoms with Crippen molar-refractivity contribution in [2.45, 2.75) is 32.2 Å². The molecule has 0 aliphatic carbocycles. The maximum Gasteiger partial charge on any atom is 0.0431 e. The summed E-state index contributed by atoms with van der Waals surface area (Å²) in [5, 5.41) is 8.74. The average Bonchev–Trinajstić information content (AvgIpc) is 2.34. The number of aliphatic hydroxyl groups is 1. The predicted molar refractivity (Wildman–Crippen MR) is 70.8 cm³/mol. The molecule has 3 N–H and O–H groups in total. The smallest absolute Gasteiger partial charge is 0.0431 e. The Balaban J connectivity index is 1.85. The molecule has 0 amide bonds. The summed E-state index contributed by atoms with van der Waals surface area (Å²) in [6.45, 7) is 3.63. The molecule has 0 bridgehead atoms. The number of unbranched alkanes of at least 4 members (excludes halogenated alkanes) is 2. The molecule has 0 aromatic heterocycles. The highest BCUT2D eigenvalue weighted by atomic mass is 16.2. The fourth-order valence-corrected chi connectivity index (χ4v) is 2.45. The van der Waals surface area contributed by atoms with Gasteiger partial charge in [0, 0.05) is 25.4 Å². The van der Waals surface area contributed by atoms with Gasteiger partial charge in [0.05, 0.1) is 0 Å². The van der Waals surface area contributed by atoms with Gasteiger partial charge in [-0.3, -0.25) is 4.90 Å². The number of hydrogen-bond acceptors (Lipinski definition) is 3. The van der Waals surface area contributed by atoms with E-state index in [1.165, 1.54) is 17.5 Å². The van der Waals surface area contributed by atoms with E-state index in [-0.39, 0.29) is 0 Å². The fraction of sp³-hybridized carbons (Fsp3) is 0.571. The highest BCUT2D eigenvalue weighted by molar-refractivity contribution is 5.45.